The third-order valence-electron chi connectivity index (χ3n) is 3.76. The number of nitrogens with zero attached hydrogens (tertiary/aromatic N) is 1. The van der Waals surface area contributed by atoms with Crippen molar-refractivity contribution in [2.45, 2.75) is 25.4 Å². The first kappa shape index (κ1) is 15.9. The first-order valence-corrected chi connectivity index (χ1v) is 9.21. The van der Waals surface area contributed by atoms with Gasteiger partial charge in [-0.25, -0.2) is 18.1 Å². The number of aromatic nitrogens is 1. The van der Waals surface area contributed by atoms with Crippen molar-refractivity contribution in [2.75, 3.05) is 12.4 Å². The number of fused-ring (bicyclic) bond motifs is 1. The molecule has 0 saturated carbocycles. The predicted octanol–water partition coefficient (Wildman–Crippen LogP) is 1.86. The summed E-state index contributed by atoms with van der Waals surface area (Å²) < 4.78 is 31.7. The van der Waals surface area contributed by atoms with Crippen molar-refractivity contribution in [3.05, 3.63) is 42.1 Å². The van der Waals surface area contributed by atoms with Crippen LogP contribution in [0.2, 0.25) is 0 Å². The van der Waals surface area contributed by atoms with Crippen molar-refractivity contribution in [3.63, 3.8) is 0 Å². The first-order chi connectivity index (χ1) is 11.0. The fraction of sp³-hybridized carbons (Fsp3) is 0.375. The number of rotatable bonds is 4. The first-order valence-electron chi connectivity index (χ1n) is 7.56. The molecule has 122 valence electrons. The van der Waals surface area contributed by atoms with Crippen LogP contribution < -0.4 is 4.72 Å². The van der Waals surface area contributed by atoms with E-state index >= 15 is 0 Å². The van der Waals surface area contributed by atoms with Crippen LogP contribution in [0, 0.1) is 0 Å². The third kappa shape index (κ3) is 4.05. The summed E-state index contributed by atoms with van der Waals surface area (Å²) in [6.07, 6.45) is 2.24. The van der Waals surface area contributed by atoms with Gasteiger partial charge in [0, 0.05) is 12.0 Å². The zero-order valence-corrected chi connectivity index (χ0v) is 13.4. The summed E-state index contributed by atoms with van der Waals surface area (Å²) in [4.78, 5) is 16.4. The Morgan fingerprint density at radius 2 is 2.04 bits per heavy atom. The van der Waals surface area contributed by atoms with Crippen molar-refractivity contribution in [1.82, 2.24) is 9.71 Å². The van der Waals surface area contributed by atoms with E-state index in [1.165, 1.54) is 6.07 Å². The van der Waals surface area contributed by atoms with Crippen LogP contribution in [-0.4, -0.2) is 37.8 Å². The van der Waals surface area contributed by atoms with Crippen LogP contribution in [-0.2, 0) is 14.8 Å². The molecule has 0 unspecified atom stereocenters. The normalized spacial score (nSPS) is 18.7. The Bertz CT molecular complexity index is 814. The van der Waals surface area contributed by atoms with Crippen molar-refractivity contribution < 1.29 is 17.9 Å². The Balaban J connectivity index is 1.71. The SMILES string of the molecule is O=C(NS(=O)(=O)C[C@@H]1CCCCO1)c1ccc2ccccc2n1. The Hall–Kier alpha value is -1.99. The molecule has 2 heterocycles. The number of carbonyl (C=O) groups excluding carboxylic acids is 1. The average Bonchev–Trinajstić information content (AvgIpc) is 2.54. The molecule has 1 aliphatic rings. The molecule has 1 aromatic carbocycles. The molecule has 0 spiro atoms. The van der Waals surface area contributed by atoms with Crippen LogP contribution in [0.15, 0.2) is 36.4 Å². The van der Waals surface area contributed by atoms with Crippen LogP contribution in [0.3, 0.4) is 0 Å². The molecule has 3 rings (SSSR count). The van der Waals surface area contributed by atoms with Crippen LogP contribution in [0.25, 0.3) is 10.9 Å². The van der Waals surface area contributed by atoms with E-state index in [2.05, 4.69) is 9.71 Å². The molecule has 1 amide bonds. The van der Waals surface area contributed by atoms with E-state index in [1.807, 2.05) is 18.2 Å². The van der Waals surface area contributed by atoms with Gasteiger partial charge in [-0.2, -0.15) is 0 Å². The molecule has 0 aliphatic carbocycles. The Morgan fingerprint density at radius 1 is 1.22 bits per heavy atom. The molecule has 0 radical (unpaired) electrons. The summed E-state index contributed by atoms with van der Waals surface area (Å²) >= 11 is 0. The maximum absolute atomic E-state index is 12.2. The fourth-order valence-corrected chi connectivity index (χ4v) is 3.83. The Morgan fingerprint density at radius 3 is 2.83 bits per heavy atom. The van der Waals surface area contributed by atoms with Crippen molar-refractivity contribution in [3.8, 4) is 0 Å². The highest BCUT2D eigenvalue weighted by atomic mass is 32.2. The minimum Gasteiger partial charge on any atom is -0.377 e. The minimum atomic E-state index is -3.75. The molecule has 1 atom stereocenters. The van der Waals surface area contributed by atoms with Crippen molar-refractivity contribution >= 4 is 26.8 Å². The highest BCUT2D eigenvalue weighted by Crippen LogP contribution is 2.15. The second kappa shape index (κ2) is 6.64. The van der Waals surface area contributed by atoms with Gasteiger partial charge in [0.25, 0.3) is 5.91 Å². The second-order valence-corrected chi connectivity index (χ2v) is 7.36. The second-order valence-electron chi connectivity index (χ2n) is 5.59. The predicted molar refractivity (Wildman–Crippen MR) is 86.6 cm³/mol. The highest BCUT2D eigenvalue weighted by molar-refractivity contribution is 7.90. The number of pyridine rings is 1. The van der Waals surface area contributed by atoms with Crippen molar-refractivity contribution in [1.29, 1.82) is 0 Å². The molecule has 7 heteroatoms. The summed E-state index contributed by atoms with van der Waals surface area (Å²) in [5, 5.41) is 0.891. The van der Waals surface area contributed by atoms with E-state index in [4.69, 9.17) is 4.74 Å². The zero-order chi connectivity index (χ0) is 16.3. The number of hydrogen-bond donors (Lipinski definition) is 1. The Labute approximate surface area is 134 Å². The molecule has 1 N–H and O–H groups in total. The van der Waals surface area contributed by atoms with Gasteiger partial charge in [0.15, 0.2) is 0 Å². The number of amides is 1. The number of benzene rings is 1. The van der Waals surface area contributed by atoms with Gasteiger partial charge in [0.2, 0.25) is 10.0 Å². The lowest BCUT2D eigenvalue weighted by Gasteiger charge is -2.22. The van der Waals surface area contributed by atoms with Gasteiger partial charge in [0.05, 0.1) is 17.4 Å². The molecular formula is C16H18N2O4S. The van der Waals surface area contributed by atoms with Gasteiger partial charge in [-0.05, 0) is 31.4 Å². The number of sulfonamides is 1. The standard InChI is InChI=1S/C16H18N2O4S/c19-16(15-9-8-12-5-1-2-7-14(12)17-15)18-23(20,21)11-13-6-3-4-10-22-13/h1-2,5,7-9,13H,3-4,6,10-11H2,(H,18,19)/t13-/m0/s1. The number of para-hydroxylation sites is 1. The summed E-state index contributed by atoms with van der Waals surface area (Å²) in [7, 11) is -3.75. The summed E-state index contributed by atoms with van der Waals surface area (Å²) in [5.41, 5.74) is 0.727. The topological polar surface area (TPSA) is 85.4 Å². The van der Waals surface area contributed by atoms with Gasteiger partial charge in [0.1, 0.15) is 5.69 Å². The molecule has 1 fully saturated rings. The van der Waals surface area contributed by atoms with E-state index in [0.29, 0.717) is 18.5 Å². The summed E-state index contributed by atoms with van der Waals surface area (Å²) in [6.45, 7) is 0.570. The maximum atomic E-state index is 12.2. The van der Waals surface area contributed by atoms with E-state index in [0.717, 1.165) is 18.2 Å². The third-order valence-corrected chi connectivity index (χ3v) is 5.07. The monoisotopic (exact) mass is 334 g/mol. The molecular weight excluding hydrogens is 316 g/mol. The lowest BCUT2D eigenvalue weighted by Crippen LogP contribution is -2.38. The van der Waals surface area contributed by atoms with Gasteiger partial charge in [-0.15, -0.1) is 0 Å². The maximum Gasteiger partial charge on any atom is 0.283 e. The molecule has 6 nitrogen and oxygen atoms in total. The largest absolute Gasteiger partial charge is 0.377 e. The number of nitrogens with one attached hydrogen (secondary N) is 1. The molecule has 1 aliphatic heterocycles. The fourth-order valence-electron chi connectivity index (χ4n) is 2.61. The van der Waals surface area contributed by atoms with E-state index in [9.17, 15) is 13.2 Å². The quantitative estimate of drug-likeness (QED) is 0.922. The van der Waals surface area contributed by atoms with Crippen LogP contribution in [0.4, 0.5) is 0 Å². The van der Waals surface area contributed by atoms with Gasteiger partial charge in [-0.1, -0.05) is 24.3 Å². The minimum absolute atomic E-state index is 0.0804. The van der Waals surface area contributed by atoms with Crippen LogP contribution in [0.1, 0.15) is 29.8 Å². The van der Waals surface area contributed by atoms with E-state index in [1.54, 1.807) is 12.1 Å². The molecule has 1 saturated heterocycles. The molecule has 1 aromatic heterocycles. The smallest absolute Gasteiger partial charge is 0.283 e. The molecule has 2 aromatic rings. The van der Waals surface area contributed by atoms with E-state index < -0.39 is 15.9 Å². The van der Waals surface area contributed by atoms with Crippen LogP contribution >= 0.6 is 0 Å². The summed E-state index contributed by atoms with van der Waals surface area (Å²) in [5.74, 6) is -0.918. The molecule has 23 heavy (non-hydrogen) atoms. The van der Waals surface area contributed by atoms with Gasteiger partial charge < -0.3 is 4.74 Å². The van der Waals surface area contributed by atoms with E-state index in [-0.39, 0.29) is 17.6 Å². The number of hydrogen-bond acceptors (Lipinski definition) is 5. The van der Waals surface area contributed by atoms with Crippen molar-refractivity contribution in [2.24, 2.45) is 0 Å². The lowest BCUT2D eigenvalue weighted by atomic mass is 10.1. The average molecular weight is 334 g/mol. The van der Waals surface area contributed by atoms with Gasteiger partial charge in [-0.3, -0.25) is 4.79 Å². The van der Waals surface area contributed by atoms with Gasteiger partial charge >= 0.3 is 0 Å². The lowest BCUT2D eigenvalue weighted by molar-refractivity contribution is 0.0304. The molecule has 0 bridgehead atoms. The number of carbonyl (C=O) groups is 1. The Kier molecular flexibility index (Phi) is 4.58. The highest BCUT2D eigenvalue weighted by Gasteiger charge is 2.24. The van der Waals surface area contributed by atoms with Crippen LogP contribution in [0.5, 0.6) is 0 Å². The number of ether oxygens (including phenoxy) is 1. The summed E-state index contributed by atoms with van der Waals surface area (Å²) in [6, 6.07) is 10.6. The zero-order valence-electron chi connectivity index (χ0n) is 12.6.